The van der Waals surface area contributed by atoms with Gasteiger partial charge in [0.05, 0.1) is 32.2 Å². The van der Waals surface area contributed by atoms with Gasteiger partial charge in [-0.2, -0.15) is 10.2 Å². The number of anilines is 2. The minimum absolute atomic E-state index is 0. The number of aryl methyl sites for hydroxylation is 1. The summed E-state index contributed by atoms with van der Waals surface area (Å²) in [5.74, 6) is 0.639. The molecule has 16 heteroatoms. The van der Waals surface area contributed by atoms with Crippen molar-refractivity contribution < 1.29 is 31.6 Å². The van der Waals surface area contributed by atoms with Crippen LogP contribution in [0.1, 0.15) is 18.9 Å². The fourth-order valence-electron chi connectivity index (χ4n) is 3.82. The molecule has 4 rings (SSSR count). The predicted molar refractivity (Wildman–Crippen MR) is 170 cm³/mol. The van der Waals surface area contributed by atoms with E-state index in [0.29, 0.717) is 29.2 Å². The van der Waals surface area contributed by atoms with Crippen molar-refractivity contribution in [2.75, 3.05) is 11.9 Å². The minimum atomic E-state index is -4.67. The largest absolute Gasteiger partial charge is 0.491 e. The van der Waals surface area contributed by atoms with Crippen LogP contribution in [0.2, 0.25) is 0 Å². The fraction of sp³-hybridized carbons (Fsp3) is 0.172. The van der Waals surface area contributed by atoms with Crippen molar-refractivity contribution >= 4 is 78.0 Å². The molecule has 0 aliphatic carbocycles. The van der Waals surface area contributed by atoms with Gasteiger partial charge in [-0.25, -0.2) is 16.8 Å². The molecule has 13 nitrogen and oxygen atoms in total. The molecule has 4 aromatic carbocycles. The van der Waals surface area contributed by atoms with E-state index in [-0.39, 0.29) is 46.7 Å². The molecule has 0 aromatic heterocycles. The summed E-state index contributed by atoms with van der Waals surface area (Å²) in [7, 11) is -9.12. The minimum Gasteiger partial charge on any atom is -0.491 e. The Hall–Kier alpha value is -3.70. The van der Waals surface area contributed by atoms with Crippen LogP contribution in [-0.4, -0.2) is 69.1 Å². The summed E-state index contributed by atoms with van der Waals surface area (Å²) in [5.41, 5.74) is 1.77. The first-order valence-electron chi connectivity index (χ1n) is 13.2. The van der Waals surface area contributed by atoms with Crippen molar-refractivity contribution in [2.45, 2.75) is 36.2 Å². The van der Waals surface area contributed by atoms with Gasteiger partial charge in [0.25, 0.3) is 25.7 Å². The monoisotopic (exact) mass is 662 g/mol. The molecule has 0 bridgehead atoms. The van der Waals surface area contributed by atoms with Gasteiger partial charge in [0, 0.05) is 41.3 Å². The van der Waals surface area contributed by atoms with Gasteiger partial charge in [0.1, 0.15) is 18.0 Å². The second-order valence-corrected chi connectivity index (χ2v) is 13.2. The summed E-state index contributed by atoms with van der Waals surface area (Å²) in [6.07, 6.45) is 0.0517. The fourth-order valence-corrected chi connectivity index (χ4v) is 6.77. The molecule has 0 aliphatic heterocycles. The Kier molecular flexibility index (Phi) is 12.3. The number of aliphatic hydroxyl groups excluding tert-OH is 1. The molecular weight excluding hydrogens is 633 g/mol. The zero-order valence-electron chi connectivity index (χ0n) is 24.6. The number of hydrogen-bond acceptors (Lipinski definition) is 11. The first-order valence-corrected chi connectivity index (χ1v) is 16.2. The molecule has 0 spiro atoms. The standard InChI is InChI=1S/C29H29N5O8S2.Na/c1-3-24(35)19-42-29-16-13-23(17-20(29)2)32-31-22-11-9-21(10-12-22)30-27-15-14-26(18-28(27)34(36)37)44(40,41)33-43(38,39)25-7-5-4-6-8-25;/h4-18,24,30,33,35H,3,19H2,1-2H3;. The van der Waals surface area contributed by atoms with Gasteiger partial charge in [0.2, 0.25) is 0 Å². The normalized spacial score (nSPS) is 12.3. The molecule has 1 radical (unpaired) electrons. The molecule has 0 heterocycles. The van der Waals surface area contributed by atoms with Crippen LogP contribution in [-0.2, 0) is 20.0 Å². The second kappa shape index (κ2) is 15.5. The number of nitrogens with one attached hydrogen (secondary N) is 2. The quantitative estimate of drug-likeness (QED) is 0.0718. The van der Waals surface area contributed by atoms with Crippen LogP contribution in [0, 0.1) is 17.0 Å². The van der Waals surface area contributed by atoms with Crippen molar-refractivity contribution in [2.24, 2.45) is 10.2 Å². The van der Waals surface area contributed by atoms with Crippen molar-refractivity contribution in [1.82, 2.24) is 4.13 Å². The Morgan fingerprint density at radius 3 is 2.11 bits per heavy atom. The van der Waals surface area contributed by atoms with E-state index in [9.17, 15) is 32.1 Å². The molecule has 0 amide bonds. The molecule has 0 saturated heterocycles. The number of aliphatic hydroxyl groups is 1. The van der Waals surface area contributed by atoms with E-state index in [0.717, 1.165) is 17.7 Å². The Bertz CT molecular complexity index is 1890. The molecule has 0 aliphatic rings. The zero-order valence-corrected chi connectivity index (χ0v) is 28.2. The molecule has 0 saturated carbocycles. The predicted octanol–water partition coefficient (Wildman–Crippen LogP) is 5.50. The van der Waals surface area contributed by atoms with Gasteiger partial charge >= 0.3 is 0 Å². The molecule has 1 unspecified atom stereocenters. The number of benzene rings is 4. The summed E-state index contributed by atoms with van der Waals surface area (Å²) in [6, 6.07) is 21.6. The van der Waals surface area contributed by atoms with Gasteiger partial charge in [0.15, 0.2) is 0 Å². The van der Waals surface area contributed by atoms with Gasteiger partial charge in [-0.1, -0.05) is 25.1 Å². The van der Waals surface area contributed by atoms with Crippen LogP contribution in [0.15, 0.2) is 111 Å². The topological polar surface area (TPSA) is 190 Å². The molecule has 3 N–H and O–H groups in total. The van der Waals surface area contributed by atoms with E-state index in [2.05, 4.69) is 15.5 Å². The molecule has 45 heavy (non-hydrogen) atoms. The third kappa shape index (κ3) is 9.64. The smallest absolute Gasteiger partial charge is 0.294 e. The first kappa shape index (κ1) is 35.8. The molecule has 1 atom stereocenters. The van der Waals surface area contributed by atoms with Crippen LogP contribution >= 0.6 is 0 Å². The van der Waals surface area contributed by atoms with Crippen LogP contribution in [0.4, 0.5) is 28.4 Å². The molecule has 231 valence electrons. The number of hydrogen-bond donors (Lipinski definition) is 3. The van der Waals surface area contributed by atoms with Crippen LogP contribution in [0.5, 0.6) is 5.75 Å². The van der Waals surface area contributed by atoms with Gasteiger partial charge in [-0.3, -0.25) is 10.1 Å². The average molecular weight is 663 g/mol. The number of azo groups is 1. The number of nitro groups is 1. The Balaban J connectivity index is 0.00000552. The van der Waals surface area contributed by atoms with E-state index < -0.39 is 41.7 Å². The summed E-state index contributed by atoms with van der Waals surface area (Å²) >= 11 is 0. The summed E-state index contributed by atoms with van der Waals surface area (Å²) in [4.78, 5) is 10.1. The summed E-state index contributed by atoms with van der Waals surface area (Å²) < 4.78 is 57.9. The molecule has 4 aromatic rings. The zero-order chi connectivity index (χ0) is 31.9. The number of nitro benzene ring substituents is 1. The third-order valence-corrected chi connectivity index (χ3v) is 9.76. The maximum absolute atomic E-state index is 12.8. The van der Waals surface area contributed by atoms with Gasteiger partial charge < -0.3 is 15.2 Å². The first-order chi connectivity index (χ1) is 20.9. The van der Waals surface area contributed by atoms with E-state index in [1.807, 2.05) is 13.8 Å². The van der Waals surface area contributed by atoms with Crippen molar-refractivity contribution in [1.29, 1.82) is 0 Å². The van der Waals surface area contributed by atoms with E-state index in [1.165, 1.54) is 30.3 Å². The Morgan fingerprint density at radius 1 is 0.867 bits per heavy atom. The van der Waals surface area contributed by atoms with E-state index in [1.54, 1.807) is 52.7 Å². The molecule has 0 fully saturated rings. The SMILES string of the molecule is CCC(O)COc1ccc(N=Nc2ccc(Nc3ccc(S(=O)(=O)NS(=O)(=O)c4ccccc4)cc3[N+](=O)[O-])cc2)cc1C.[Na]. The Labute approximate surface area is 282 Å². The maximum atomic E-state index is 12.8. The third-order valence-electron chi connectivity index (χ3n) is 6.24. The van der Waals surface area contributed by atoms with Crippen LogP contribution < -0.4 is 14.2 Å². The number of ether oxygens (including phenoxy) is 1. The summed E-state index contributed by atoms with van der Waals surface area (Å²) in [6.45, 7) is 3.92. The second-order valence-electron chi connectivity index (χ2n) is 9.53. The van der Waals surface area contributed by atoms with Crippen molar-refractivity contribution in [3.63, 3.8) is 0 Å². The maximum Gasteiger partial charge on any atom is 0.294 e. The van der Waals surface area contributed by atoms with Crippen LogP contribution in [0.3, 0.4) is 0 Å². The van der Waals surface area contributed by atoms with Crippen molar-refractivity contribution in [3.05, 3.63) is 107 Å². The Morgan fingerprint density at radius 2 is 1.49 bits per heavy atom. The number of sulfonamides is 2. The number of rotatable bonds is 13. The van der Waals surface area contributed by atoms with E-state index in [4.69, 9.17) is 4.74 Å². The van der Waals surface area contributed by atoms with Gasteiger partial charge in [-0.15, -0.1) is 4.13 Å². The average Bonchev–Trinajstić information content (AvgIpc) is 3.00. The number of nitrogens with zero attached hydrogens (tertiary/aromatic N) is 3. The molecular formula is C29H29N5NaO8S2. The van der Waals surface area contributed by atoms with Gasteiger partial charge in [-0.05, 0) is 85.6 Å². The van der Waals surface area contributed by atoms with E-state index >= 15 is 0 Å². The van der Waals surface area contributed by atoms with Crippen molar-refractivity contribution in [3.8, 4) is 5.75 Å². The summed E-state index contributed by atoms with van der Waals surface area (Å²) in [5, 5.41) is 32.8. The van der Waals surface area contributed by atoms with Crippen LogP contribution in [0.25, 0.3) is 0 Å².